The van der Waals surface area contributed by atoms with E-state index in [1.165, 1.54) is 6.20 Å². The lowest BCUT2D eigenvalue weighted by Crippen LogP contribution is -2.38. The van der Waals surface area contributed by atoms with Crippen LogP contribution in [0, 0.1) is 0 Å². The summed E-state index contributed by atoms with van der Waals surface area (Å²) in [6.45, 7) is -0.280. The molecule has 4 rings (SSSR count). The first-order chi connectivity index (χ1) is 14.6. The second-order valence-electron chi connectivity index (χ2n) is 7.81. The number of aromatic nitrogens is 4. The van der Waals surface area contributed by atoms with Crippen LogP contribution in [-0.4, -0.2) is 48.1 Å². The normalized spacial score (nSPS) is 22.0. The van der Waals surface area contributed by atoms with Crippen LogP contribution in [0.4, 0.5) is 13.2 Å². The van der Waals surface area contributed by atoms with Crippen LogP contribution in [0.3, 0.4) is 0 Å². The Balaban J connectivity index is 1.67. The van der Waals surface area contributed by atoms with E-state index in [-0.39, 0.29) is 23.9 Å². The topological polar surface area (TPSA) is 127 Å². The average molecular weight is 435 g/mol. The summed E-state index contributed by atoms with van der Waals surface area (Å²) in [7, 11) is 0. The van der Waals surface area contributed by atoms with Crippen molar-refractivity contribution in [2.45, 2.75) is 43.5 Å². The maximum atomic E-state index is 13.0. The molecule has 0 atom stereocenters. The highest BCUT2D eigenvalue weighted by molar-refractivity contribution is 5.98. The Hall–Kier alpha value is -3.05. The Labute approximate surface area is 174 Å². The number of pyridine rings is 2. The molecule has 0 aliphatic heterocycles. The highest BCUT2D eigenvalue weighted by Gasteiger charge is 2.34. The SMILES string of the molecule is NC(=O)c1nc(C(F)(F)F)ccc1-c1cc2cn(C3CCC(O)(CO)CC3)nc2cn1. The number of hydrogen-bond donors (Lipinski definition) is 3. The lowest BCUT2D eigenvalue weighted by molar-refractivity contribution is -0.141. The summed E-state index contributed by atoms with van der Waals surface area (Å²) in [5, 5.41) is 24.7. The molecular weight excluding hydrogens is 415 g/mol. The predicted octanol–water partition coefficient (Wildman–Crippen LogP) is 2.45. The van der Waals surface area contributed by atoms with Crippen molar-refractivity contribution < 1.29 is 28.2 Å². The fourth-order valence-corrected chi connectivity index (χ4v) is 3.85. The maximum absolute atomic E-state index is 13.0. The van der Waals surface area contributed by atoms with Gasteiger partial charge in [-0.15, -0.1) is 0 Å². The molecule has 1 aliphatic carbocycles. The van der Waals surface area contributed by atoms with Crippen molar-refractivity contribution in [3.05, 3.63) is 42.0 Å². The number of nitrogens with two attached hydrogens (primary N) is 1. The molecule has 164 valence electrons. The second kappa shape index (κ2) is 7.57. The van der Waals surface area contributed by atoms with Crippen molar-refractivity contribution in [2.75, 3.05) is 6.61 Å². The van der Waals surface area contributed by atoms with Gasteiger partial charge in [-0.05, 0) is 43.9 Å². The highest BCUT2D eigenvalue weighted by atomic mass is 19.4. The van der Waals surface area contributed by atoms with Gasteiger partial charge in [0.1, 0.15) is 16.9 Å². The third-order valence-electron chi connectivity index (χ3n) is 5.66. The first-order valence-corrected chi connectivity index (χ1v) is 9.66. The lowest BCUT2D eigenvalue weighted by Gasteiger charge is -2.34. The molecule has 1 fully saturated rings. The third-order valence-corrected chi connectivity index (χ3v) is 5.66. The van der Waals surface area contributed by atoms with E-state index < -0.39 is 29.1 Å². The molecule has 0 unspecified atom stereocenters. The van der Waals surface area contributed by atoms with Gasteiger partial charge in [-0.1, -0.05) is 0 Å². The minimum atomic E-state index is -4.70. The number of aliphatic hydroxyl groups excluding tert-OH is 1. The van der Waals surface area contributed by atoms with Crippen LogP contribution in [0.5, 0.6) is 0 Å². The molecule has 4 N–H and O–H groups in total. The summed E-state index contributed by atoms with van der Waals surface area (Å²) >= 11 is 0. The van der Waals surface area contributed by atoms with E-state index in [4.69, 9.17) is 5.73 Å². The summed E-state index contributed by atoms with van der Waals surface area (Å²) in [6, 6.07) is 3.56. The molecule has 1 saturated carbocycles. The van der Waals surface area contributed by atoms with E-state index in [9.17, 15) is 28.2 Å². The van der Waals surface area contributed by atoms with Gasteiger partial charge in [-0.25, -0.2) is 4.98 Å². The van der Waals surface area contributed by atoms with Crippen molar-refractivity contribution in [1.82, 2.24) is 19.7 Å². The number of amides is 1. The third kappa shape index (κ3) is 4.10. The molecular formula is C20H20F3N5O3. The number of aliphatic hydroxyl groups is 2. The Morgan fingerprint density at radius 1 is 1.29 bits per heavy atom. The van der Waals surface area contributed by atoms with E-state index >= 15 is 0 Å². The zero-order chi connectivity index (χ0) is 22.4. The summed E-state index contributed by atoms with van der Waals surface area (Å²) < 4.78 is 40.6. The van der Waals surface area contributed by atoms with Crippen molar-refractivity contribution in [3.63, 3.8) is 0 Å². The first kappa shape index (κ1) is 21.2. The number of nitrogens with zero attached hydrogens (tertiary/aromatic N) is 4. The zero-order valence-electron chi connectivity index (χ0n) is 16.3. The van der Waals surface area contributed by atoms with Gasteiger partial charge in [0, 0.05) is 17.1 Å². The Morgan fingerprint density at radius 3 is 2.61 bits per heavy atom. The molecule has 0 bridgehead atoms. The summed E-state index contributed by atoms with van der Waals surface area (Å²) in [5.41, 5.74) is 3.41. The Kier molecular flexibility index (Phi) is 5.18. The van der Waals surface area contributed by atoms with Crippen LogP contribution in [0.2, 0.25) is 0 Å². The van der Waals surface area contributed by atoms with E-state index in [0.717, 1.165) is 12.1 Å². The van der Waals surface area contributed by atoms with Gasteiger partial charge in [-0.3, -0.25) is 14.5 Å². The number of halogens is 3. The highest BCUT2D eigenvalue weighted by Crippen LogP contribution is 2.35. The fourth-order valence-electron chi connectivity index (χ4n) is 3.85. The second-order valence-corrected chi connectivity index (χ2v) is 7.81. The minimum Gasteiger partial charge on any atom is -0.393 e. The standard InChI is InChI=1S/C20H20F3N5O3/c21-20(22,23)16-2-1-13(17(26-16)18(24)30)14-7-11-9-28(27-15(11)8-25-14)12-3-5-19(31,10-29)6-4-12/h1-2,7-9,12,29,31H,3-6,10H2,(H2,24,30). The number of carbonyl (C=O) groups is 1. The zero-order valence-corrected chi connectivity index (χ0v) is 16.3. The Bertz CT molecular complexity index is 1140. The monoisotopic (exact) mass is 435 g/mol. The van der Waals surface area contributed by atoms with Crippen LogP contribution >= 0.6 is 0 Å². The summed E-state index contributed by atoms with van der Waals surface area (Å²) in [6.07, 6.45) is 0.732. The van der Waals surface area contributed by atoms with Crippen molar-refractivity contribution in [3.8, 4) is 11.3 Å². The predicted molar refractivity (Wildman–Crippen MR) is 104 cm³/mol. The molecule has 3 heterocycles. The molecule has 8 nitrogen and oxygen atoms in total. The molecule has 11 heteroatoms. The van der Waals surface area contributed by atoms with E-state index in [0.29, 0.717) is 36.6 Å². The van der Waals surface area contributed by atoms with Crippen LogP contribution in [0.25, 0.3) is 22.2 Å². The van der Waals surface area contributed by atoms with Gasteiger partial charge in [-0.2, -0.15) is 18.3 Å². The Morgan fingerprint density at radius 2 is 2.00 bits per heavy atom. The molecule has 0 saturated heterocycles. The van der Waals surface area contributed by atoms with Gasteiger partial charge in [0.15, 0.2) is 0 Å². The van der Waals surface area contributed by atoms with Gasteiger partial charge in [0.25, 0.3) is 5.91 Å². The number of alkyl halides is 3. The van der Waals surface area contributed by atoms with Crippen LogP contribution in [-0.2, 0) is 6.18 Å². The molecule has 0 aromatic carbocycles. The van der Waals surface area contributed by atoms with E-state index in [1.807, 2.05) is 0 Å². The molecule has 31 heavy (non-hydrogen) atoms. The molecule has 3 aromatic rings. The van der Waals surface area contributed by atoms with Crippen LogP contribution in [0.1, 0.15) is 47.9 Å². The molecule has 1 aliphatic rings. The summed E-state index contributed by atoms with van der Waals surface area (Å²) in [4.78, 5) is 19.4. The van der Waals surface area contributed by atoms with Crippen molar-refractivity contribution in [1.29, 1.82) is 0 Å². The van der Waals surface area contributed by atoms with E-state index in [2.05, 4.69) is 15.1 Å². The maximum Gasteiger partial charge on any atom is 0.433 e. The number of primary amides is 1. The van der Waals surface area contributed by atoms with Crippen molar-refractivity contribution >= 4 is 16.8 Å². The number of rotatable bonds is 4. The number of carbonyl (C=O) groups excluding carboxylic acids is 1. The minimum absolute atomic E-state index is 0.0385. The summed E-state index contributed by atoms with van der Waals surface area (Å²) in [5.74, 6) is -1.09. The molecule has 3 aromatic heterocycles. The van der Waals surface area contributed by atoms with Crippen LogP contribution < -0.4 is 5.73 Å². The molecule has 1 amide bonds. The van der Waals surface area contributed by atoms with E-state index in [1.54, 1.807) is 16.9 Å². The smallest absolute Gasteiger partial charge is 0.393 e. The number of hydrogen-bond acceptors (Lipinski definition) is 6. The first-order valence-electron chi connectivity index (χ1n) is 9.66. The fraction of sp³-hybridized carbons (Fsp3) is 0.400. The van der Waals surface area contributed by atoms with Crippen molar-refractivity contribution in [2.24, 2.45) is 5.73 Å². The van der Waals surface area contributed by atoms with Crippen LogP contribution in [0.15, 0.2) is 30.6 Å². The largest absolute Gasteiger partial charge is 0.433 e. The average Bonchev–Trinajstić information content (AvgIpc) is 3.16. The van der Waals surface area contributed by atoms with Gasteiger partial charge in [0.2, 0.25) is 0 Å². The molecule has 0 spiro atoms. The van der Waals surface area contributed by atoms with Gasteiger partial charge >= 0.3 is 6.18 Å². The van der Waals surface area contributed by atoms with Gasteiger partial charge < -0.3 is 15.9 Å². The lowest BCUT2D eigenvalue weighted by atomic mass is 9.83. The number of fused-ring (bicyclic) bond motifs is 1. The van der Waals surface area contributed by atoms with Gasteiger partial charge in [0.05, 0.1) is 30.1 Å². The molecule has 0 radical (unpaired) electrons. The quantitative estimate of drug-likeness (QED) is 0.578.